The fourth-order valence-electron chi connectivity index (χ4n) is 1.76. The Bertz CT molecular complexity index is 616. The van der Waals surface area contributed by atoms with Crippen molar-refractivity contribution in [2.75, 3.05) is 38.0 Å². The minimum Gasteiger partial charge on any atom is -0.465 e. The molecule has 7 heteroatoms. The van der Waals surface area contributed by atoms with E-state index in [9.17, 15) is 4.79 Å². The maximum atomic E-state index is 11.4. The molecule has 0 amide bonds. The molecule has 0 aliphatic heterocycles. The molecule has 0 unspecified atom stereocenters. The van der Waals surface area contributed by atoms with Crippen molar-refractivity contribution in [2.45, 2.75) is 0 Å². The van der Waals surface area contributed by atoms with Gasteiger partial charge in [0.25, 0.3) is 0 Å². The van der Waals surface area contributed by atoms with Gasteiger partial charge < -0.3 is 20.1 Å². The molecule has 116 valence electrons. The lowest BCUT2D eigenvalue weighted by Crippen LogP contribution is -2.09. The zero-order valence-corrected chi connectivity index (χ0v) is 12.5. The van der Waals surface area contributed by atoms with E-state index in [4.69, 9.17) is 4.74 Å². The quantitative estimate of drug-likeness (QED) is 0.598. The third-order valence-electron chi connectivity index (χ3n) is 2.86. The maximum absolute atomic E-state index is 11.4. The van der Waals surface area contributed by atoms with E-state index < -0.39 is 0 Å². The fraction of sp³-hybridized carbons (Fsp3) is 0.267. The van der Waals surface area contributed by atoms with Crippen LogP contribution in [0, 0.1) is 0 Å². The standard InChI is InChI=1S/C15H18N4O3/c1-21-8-7-16-13-9-14(18-10-17-13)19-12-5-3-11(4-6-12)15(20)22-2/h3-6,9-10H,7-8H2,1-2H3,(H2,16,17,18,19). The summed E-state index contributed by atoms with van der Waals surface area (Å²) in [5.74, 6) is 1.000. The fourth-order valence-corrected chi connectivity index (χ4v) is 1.76. The summed E-state index contributed by atoms with van der Waals surface area (Å²) >= 11 is 0. The van der Waals surface area contributed by atoms with Crippen LogP contribution in [0.2, 0.25) is 0 Å². The molecule has 0 aliphatic rings. The smallest absolute Gasteiger partial charge is 0.337 e. The lowest BCUT2D eigenvalue weighted by atomic mass is 10.2. The van der Waals surface area contributed by atoms with E-state index in [2.05, 4.69) is 25.3 Å². The van der Waals surface area contributed by atoms with Crippen LogP contribution in [0.1, 0.15) is 10.4 Å². The number of hydrogen-bond donors (Lipinski definition) is 2. The highest BCUT2D eigenvalue weighted by atomic mass is 16.5. The summed E-state index contributed by atoms with van der Waals surface area (Å²) in [5, 5.41) is 6.27. The van der Waals surface area contributed by atoms with E-state index in [1.54, 1.807) is 37.4 Å². The van der Waals surface area contributed by atoms with Gasteiger partial charge in [-0.2, -0.15) is 0 Å². The van der Waals surface area contributed by atoms with Gasteiger partial charge in [0.2, 0.25) is 0 Å². The molecule has 0 aliphatic carbocycles. The van der Waals surface area contributed by atoms with Crippen molar-refractivity contribution in [1.29, 1.82) is 0 Å². The number of carbonyl (C=O) groups excluding carboxylic acids is 1. The molecule has 2 aromatic rings. The predicted octanol–water partition coefficient (Wildman–Crippen LogP) is 2.07. The third-order valence-corrected chi connectivity index (χ3v) is 2.86. The second-order valence-corrected chi connectivity index (χ2v) is 4.40. The van der Waals surface area contributed by atoms with Crippen molar-refractivity contribution < 1.29 is 14.3 Å². The number of hydrogen-bond acceptors (Lipinski definition) is 7. The van der Waals surface area contributed by atoms with Crippen LogP contribution in [0.15, 0.2) is 36.7 Å². The molecule has 22 heavy (non-hydrogen) atoms. The molecule has 0 bridgehead atoms. The number of ether oxygens (including phenoxy) is 2. The molecule has 7 nitrogen and oxygen atoms in total. The van der Waals surface area contributed by atoms with Gasteiger partial charge in [0.15, 0.2) is 0 Å². The van der Waals surface area contributed by atoms with Crippen molar-refractivity contribution >= 4 is 23.3 Å². The number of benzene rings is 1. The summed E-state index contributed by atoms with van der Waals surface area (Å²) in [6, 6.07) is 8.74. The first-order chi connectivity index (χ1) is 10.7. The van der Waals surface area contributed by atoms with E-state index in [0.29, 0.717) is 30.4 Å². The van der Waals surface area contributed by atoms with Crippen LogP contribution in [0.3, 0.4) is 0 Å². The van der Waals surface area contributed by atoms with Gasteiger partial charge >= 0.3 is 5.97 Å². The van der Waals surface area contributed by atoms with Gasteiger partial charge in [-0.3, -0.25) is 0 Å². The Hall–Kier alpha value is -2.67. The van der Waals surface area contributed by atoms with Gasteiger partial charge in [0, 0.05) is 25.4 Å². The Morgan fingerprint density at radius 2 is 1.86 bits per heavy atom. The summed E-state index contributed by atoms with van der Waals surface area (Å²) in [7, 11) is 3.00. The Kier molecular flexibility index (Phi) is 5.67. The number of esters is 1. The van der Waals surface area contributed by atoms with Crippen LogP contribution in [0.5, 0.6) is 0 Å². The van der Waals surface area contributed by atoms with E-state index in [0.717, 1.165) is 5.69 Å². The van der Waals surface area contributed by atoms with Crippen LogP contribution in [-0.4, -0.2) is 43.3 Å². The molecule has 0 spiro atoms. The summed E-state index contributed by atoms with van der Waals surface area (Å²) in [5.41, 5.74) is 1.31. The normalized spacial score (nSPS) is 10.1. The maximum Gasteiger partial charge on any atom is 0.337 e. The molecule has 0 saturated carbocycles. The average molecular weight is 302 g/mol. The van der Waals surface area contributed by atoms with Gasteiger partial charge in [0.05, 0.1) is 19.3 Å². The first-order valence-corrected chi connectivity index (χ1v) is 6.73. The summed E-state index contributed by atoms with van der Waals surface area (Å²) in [6.07, 6.45) is 1.47. The van der Waals surface area contributed by atoms with Crippen LogP contribution in [0.25, 0.3) is 0 Å². The van der Waals surface area contributed by atoms with E-state index in [-0.39, 0.29) is 5.97 Å². The summed E-state index contributed by atoms with van der Waals surface area (Å²) < 4.78 is 9.63. The van der Waals surface area contributed by atoms with E-state index >= 15 is 0 Å². The zero-order valence-electron chi connectivity index (χ0n) is 12.5. The van der Waals surface area contributed by atoms with Crippen molar-refractivity contribution in [1.82, 2.24) is 9.97 Å². The first kappa shape index (κ1) is 15.7. The van der Waals surface area contributed by atoms with Gasteiger partial charge in [-0.15, -0.1) is 0 Å². The number of carbonyl (C=O) groups is 1. The average Bonchev–Trinajstić information content (AvgIpc) is 2.55. The number of methoxy groups -OCH3 is 2. The number of nitrogens with zero attached hydrogens (tertiary/aromatic N) is 2. The Morgan fingerprint density at radius 3 is 2.55 bits per heavy atom. The summed E-state index contributed by atoms with van der Waals surface area (Å²) in [6.45, 7) is 1.27. The zero-order chi connectivity index (χ0) is 15.8. The monoisotopic (exact) mass is 302 g/mol. The van der Waals surface area contributed by atoms with Crippen molar-refractivity contribution in [2.24, 2.45) is 0 Å². The predicted molar refractivity (Wildman–Crippen MR) is 83.5 cm³/mol. The largest absolute Gasteiger partial charge is 0.465 e. The van der Waals surface area contributed by atoms with Crippen LogP contribution >= 0.6 is 0 Å². The highest BCUT2D eigenvalue weighted by molar-refractivity contribution is 5.89. The van der Waals surface area contributed by atoms with Gasteiger partial charge in [-0.05, 0) is 24.3 Å². The minimum atomic E-state index is -0.363. The molecule has 0 radical (unpaired) electrons. The van der Waals surface area contributed by atoms with Crippen LogP contribution in [0.4, 0.5) is 17.3 Å². The second-order valence-electron chi connectivity index (χ2n) is 4.40. The molecule has 0 saturated heterocycles. The highest BCUT2D eigenvalue weighted by Crippen LogP contribution is 2.17. The Labute approximate surface area is 128 Å². The topological polar surface area (TPSA) is 85.4 Å². The van der Waals surface area contributed by atoms with Crippen LogP contribution < -0.4 is 10.6 Å². The lowest BCUT2D eigenvalue weighted by Gasteiger charge is -2.08. The van der Waals surface area contributed by atoms with E-state index in [1.165, 1.54) is 13.4 Å². The second kappa shape index (κ2) is 7.94. The highest BCUT2D eigenvalue weighted by Gasteiger charge is 2.05. The lowest BCUT2D eigenvalue weighted by molar-refractivity contribution is 0.0601. The van der Waals surface area contributed by atoms with Crippen molar-refractivity contribution in [3.05, 3.63) is 42.2 Å². The molecule has 1 aromatic heterocycles. The number of anilines is 3. The Balaban J connectivity index is 2.01. The van der Waals surface area contributed by atoms with Gasteiger partial charge in [-0.1, -0.05) is 0 Å². The molecular weight excluding hydrogens is 284 g/mol. The molecular formula is C15H18N4O3. The number of aromatic nitrogens is 2. The van der Waals surface area contributed by atoms with Crippen molar-refractivity contribution in [3.8, 4) is 0 Å². The third kappa shape index (κ3) is 4.42. The molecule has 0 atom stereocenters. The van der Waals surface area contributed by atoms with Gasteiger partial charge in [0.1, 0.15) is 18.0 Å². The SMILES string of the molecule is COCCNc1cc(Nc2ccc(C(=O)OC)cc2)ncn1. The number of rotatable bonds is 7. The number of nitrogens with one attached hydrogen (secondary N) is 2. The minimum absolute atomic E-state index is 0.363. The molecule has 0 fully saturated rings. The molecule has 1 aromatic carbocycles. The Morgan fingerprint density at radius 1 is 1.14 bits per heavy atom. The molecule has 2 N–H and O–H groups in total. The molecule has 1 heterocycles. The van der Waals surface area contributed by atoms with E-state index in [1.807, 2.05) is 0 Å². The summed E-state index contributed by atoms with van der Waals surface area (Å²) in [4.78, 5) is 19.6. The van der Waals surface area contributed by atoms with Crippen molar-refractivity contribution in [3.63, 3.8) is 0 Å². The molecule has 2 rings (SSSR count). The van der Waals surface area contributed by atoms with Gasteiger partial charge in [-0.25, -0.2) is 14.8 Å². The first-order valence-electron chi connectivity index (χ1n) is 6.73. The van der Waals surface area contributed by atoms with Crippen LogP contribution in [-0.2, 0) is 9.47 Å².